The third-order valence-corrected chi connectivity index (χ3v) is 5.65. The molecule has 2 aliphatic heterocycles. The SMILES string of the molecule is O=C(NNC(=O)C1Cc2ccccc2O1)c1ccc2c(c1)CC(c1ccccc1)OC2=O. The Balaban J connectivity index is 1.24. The van der Waals surface area contributed by atoms with E-state index in [9.17, 15) is 14.4 Å². The molecular weight excluding hydrogens is 408 g/mol. The second-order valence-electron chi connectivity index (χ2n) is 7.74. The molecule has 0 fully saturated rings. The fourth-order valence-electron chi connectivity index (χ4n) is 3.99. The van der Waals surface area contributed by atoms with Crippen LogP contribution in [-0.2, 0) is 22.4 Å². The number of fused-ring (bicyclic) bond motifs is 2. The Morgan fingerprint density at radius 2 is 1.59 bits per heavy atom. The zero-order valence-electron chi connectivity index (χ0n) is 17.0. The summed E-state index contributed by atoms with van der Waals surface area (Å²) in [4.78, 5) is 37.4. The van der Waals surface area contributed by atoms with Gasteiger partial charge in [0.2, 0.25) is 0 Å². The second-order valence-corrected chi connectivity index (χ2v) is 7.74. The Bertz CT molecular complexity index is 1180. The Morgan fingerprint density at radius 3 is 2.41 bits per heavy atom. The molecule has 2 N–H and O–H groups in total. The van der Waals surface area contributed by atoms with Crippen LogP contribution < -0.4 is 15.6 Å². The molecule has 160 valence electrons. The number of ether oxygens (including phenoxy) is 2. The van der Waals surface area contributed by atoms with Gasteiger partial charge in [0.25, 0.3) is 11.8 Å². The Hall–Kier alpha value is -4.13. The quantitative estimate of drug-likeness (QED) is 0.494. The molecule has 0 aromatic heterocycles. The highest BCUT2D eigenvalue weighted by Crippen LogP contribution is 2.31. The maximum atomic E-state index is 12.6. The third kappa shape index (κ3) is 3.80. The van der Waals surface area contributed by atoms with Crippen molar-refractivity contribution in [3.63, 3.8) is 0 Å². The van der Waals surface area contributed by atoms with Crippen molar-refractivity contribution >= 4 is 17.8 Å². The lowest BCUT2D eigenvalue weighted by molar-refractivity contribution is -0.128. The summed E-state index contributed by atoms with van der Waals surface area (Å²) in [5, 5.41) is 0. The molecule has 0 spiro atoms. The number of carbonyl (C=O) groups excluding carboxylic acids is 3. The maximum absolute atomic E-state index is 12.6. The monoisotopic (exact) mass is 428 g/mol. The van der Waals surface area contributed by atoms with Gasteiger partial charge < -0.3 is 9.47 Å². The molecule has 0 saturated carbocycles. The molecule has 2 amide bonds. The van der Waals surface area contributed by atoms with Crippen LogP contribution in [0.5, 0.6) is 5.75 Å². The molecule has 2 unspecified atom stereocenters. The number of hydrogen-bond donors (Lipinski definition) is 2. The lowest BCUT2D eigenvalue weighted by atomic mass is 9.93. The normalized spacial score (nSPS) is 18.6. The number of hydrogen-bond acceptors (Lipinski definition) is 5. The van der Waals surface area contributed by atoms with Crippen LogP contribution in [0.4, 0.5) is 0 Å². The van der Waals surface area contributed by atoms with Gasteiger partial charge in [-0.1, -0.05) is 48.5 Å². The number of carbonyl (C=O) groups is 3. The molecule has 3 aromatic carbocycles. The number of nitrogens with one attached hydrogen (secondary N) is 2. The van der Waals surface area contributed by atoms with Crippen LogP contribution in [0, 0.1) is 0 Å². The van der Waals surface area contributed by atoms with Crippen molar-refractivity contribution < 1.29 is 23.9 Å². The molecule has 32 heavy (non-hydrogen) atoms. The molecule has 0 saturated heterocycles. The van der Waals surface area contributed by atoms with Gasteiger partial charge in [-0.3, -0.25) is 20.4 Å². The van der Waals surface area contributed by atoms with Crippen molar-refractivity contribution in [1.29, 1.82) is 0 Å². The highest BCUT2D eigenvalue weighted by atomic mass is 16.5. The first kappa shape index (κ1) is 19.8. The maximum Gasteiger partial charge on any atom is 0.339 e. The summed E-state index contributed by atoms with van der Waals surface area (Å²) in [5.74, 6) is -0.654. The third-order valence-electron chi connectivity index (χ3n) is 5.65. The number of hydrazine groups is 1. The summed E-state index contributed by atoms with van der Waals surface area (Å²) in [7, 11) is 0. The van der Waals surface area contributed by atoms with Gasteiger partial charge in [-0.25, -0.2) is 4.79 Å². The molecule has 7 heteroatoms. The summed E-state index contributed by atoms with van der Waals surface area (Å²) in [6, 6.07) is 21.7. The van der Waals surface area contributed by atoms with Crippen LogP contribution in [0.15, 0.2) is 72.8 Å². The number of para-hydroxylation sites is 1. The van der Waals surface area contributed by atoms with Crippen molar-refractivity contribution in [2.45, 2.75) is 25.0 Å². The van der Waals surface area contributed by atoms with Gasteiger partial charge >= 0.3 is 5.97 Å². The van der Waals surface area contributed by atoms with Gasteiger partial charge in [-0.15, -0.1) is 0 Å². The first-order valence-electron chi connectivity index (χ1n) is 10.3. The predicted octanol–water partition coefficient (Wildman–Crippen LogP) is 2.91. The number of rotatable bonds is 3. The summed E-state index contributed by atoms with van der Waals surface area (Å²) in [6.07, 6.45) is -0.195. The van der Waals surface area contributed by atoms with E-state index in [0.717, 1.165) is 16.7 Å². The molecule has 7 nitrogen and oxygen atoms in total. The molecule has 2 aliphatic rings. The summed E-state index contributed by atoms with van der Waals surface area (Å²) >= 11 is 0. The van der Waals surface area contributed by atoms with Gasteiger partial charge in [0.1, 0.15) is 11.9 Å². The highest BCUT2D eigenvalue weighted by molar-refractivity contribution is 5.98. The minimum absolute atomic E-state index is 0.334. The summed E-state index contributed by atoms with van der Waals surface area (Å²) in [6.45, 7) is 0. The van der Waals surface area contributed by atoms with Gasteiger partial charge in [-0.2, -0.15) is 0 Å². The van der Waals surface area contributed by atoms with Gasteiger partial charge in [0, 0.05) is 18.4 Å². The van der Waals surface area contributed by atoms with Gasteiger partial charge in [0.05, 0.1) is 5.56 Å². The largest absolute Gasteiger partial charge is 0.480 e. The lowest BCUT2D eigenvalue weighted by Gasteiger charge is -2.25. The smallest absolute Gasteiger partial charge is 0.339 e. The fourth-order valence-corrected chi connectivity index (χ4v) is 3.99. The Kier molecular flexibility index (Phi) is 5.07. The average Bonchev–Trinajstić information content (AvgIpc) is 3.27. The van der Waals surface area contributed by atoms with E-state index in [4.69, 9.17) is 9.47 Å². The topological polar surface area (TPSA) is 93.7 Å². The minimum atomic E-state index is -0.697. The number of cyclic esters (lactones) is 1. The van der Waals surface area contributed by atoms with Crippen molar-refractivity contribution in [3.8, 4) is 5.75 Å². The molecule has 2 atom stereocenters. The first-order valence-corrected chi connectivity index (χ1v) is 10.3. The van der Waals surface area contributed by atoms with Gasteiger partial charge in [-0.05, 0) is 41.0 Å². The van der Waals surface area contributed by atoms with E-state index in [2.05, 4.69) is 10.9 Å². The Morgan fingerprint density at radius 1 is 0.812 bits per heavy atom. The minimum Gasteiger partial charge on any atom is -0.480 e. The van der Waals surface area contributed by atoms with Crippen LogP contribution >= 0.6 is 0 Å². The molecule has 0 aliphatic carbocycles. The predicted molar refractivity (Wildman–Crippen MR) is 115 cm³/mol. The van der Waals surface area contributed by atoms with Crippen LogP contribution in [0.2, 0.25) is 0 Å². The number of benzene rings is 3. The molecule has 5 rings (SSSR count). The van der Waals surface area contributed by atoms with Crippen LogP contribution in [0.25, 0.3) is 0 Å². The standard InChI is InChI=1S/C25H20N2O5/c28-23(26-27-24(29)22-13-16-8-4-5-9-20(16)31-22)17-10-11-19-18(12-17)14-21(32-25(19)30)15-6-2-1-3-7-15/h1-12,21-22H,13-14H2,(H,26,28)(H,27,29). The van der Waals surface area contributed by atoms with E-state index >= 15 is 0 Å². The van der Waals surface area contributed by atoms with Crippen molar-refractivity contribution in [2.75, 3.05) is 0 Å². The zero-order valence-corrected chi connectivity index (χ0v) is 17.0. The summed E-state index contributed by atoms with van der Waals surface area (Å²) < 4.78 is 11.2. The lowest BCUT2D eigenvalue weighted by Crippen LogP contribution is -2.47. The number of amides is 2. The molecular formula is C25H20N2O5. The summed E-state index contributed by atoms with van der Waals surface area (Å²) in [5.41, 5.74) is 8.20. The van der Waals surface area contributed by atoms with E-state index in [0.29, 0.717) is 29.7 Å². The van der Waals surface area contributed by atoms with Crippen LogP contribution in [-0.4, -0.2) is 23.9 Å². The molecule has 3 aromatic rings. The average molecular weight is 428 g/mol. The van der Waals surface area contributed by atoms with E-state index in [1.54, 1.807) is 12.1 Å². The van der Waals surface area contributed by atoms with E-state index in [1.807, 2.05) is 54.6 Å². The zero-order chi connectivity index (χ0) is 22.1. The van der Waals surface area contributed by atoms with Crippen LogP contribution in [0.1, 0.15) is 43.5 Å². The second kappa shape index (κ2) is 8.19. The van der Waals surface area contributed by atoms with E-state index in [1.165, 1.54) is 6.07 Å². The number of esters is 1. The highest BCUT2D eigenvalue weighted by Gasteiger charge is 2.30. The Labute approximate surface area is 184 Å². The van der Waals surface area contributed by atoms with Crippen LogP contribution in [0.3, 0.4) is 0 Å². The fraction of sp³-hybridized carbons (Fsp3) is 0.160. The van der Waals surface area contributed by atoms with E-state index in [-0.39, 0.29) is 0 Å². The van der Waals surface area contributed by atoms with Gasteiger partial charge in [0.15, 0.2) is 6.10 Å². The van der Waals surface area contributed by atoms with Crippen molar-refractivity contribution in [2.24, 2.45) is 0 Å². The van der Waals surface area contributed by atoms with E-state index < -0.39 is 30.0 Å². The van der Waals surface area contributed by atoms with Crippen molar-refractivity contribution in [1.82, 2.24) is 10.9 Å². The molecule has 2 heterocycles. The molecule has 0 bridgehead atoms. The van der Waals surface area contributed by atoms with Crippen molar-refractivity contribution in [3.05, 3.63) is 101 Å². The molecule has 0 radical (unpaired) electrons. The first-order chi connectivity index (χ1) is 15.6.